The molecule has 0 spiro atoms. The number of benzene rings is 2. The molecular formula is C15H10BrF3N2. The fourth-order valence-corrected chi connectivity index (χ4v) is 2.20. The third-order valence-electron chi connectivity index (χ3n) is 2.90. The van der Waals surface area contributed by atoms with Gasteiger partial charge in [0, 0.05) is 16.7 Å². The Kier molecular flexibility index (Phi) is 4.53. The molecule has 0 aliphatic rings. The molecule has 0 heterocycles. The van der Waals surface area contributed by atoms with Crippen molar-refractivity contribution in [1.29, 1.82) is 5.26 Å². The molecule has 6 heteroatoms. The average molecular weight is 355 g/mol. The Morgan fingerprint density at radius 3 is 2.52 bits per heavy atom. The molecule has 0 aliphatic carbocycles. The van der Waals surface area contributed by atoms with Crippen molar-refractivity contribution in [3.05, 3.63) is 63.6 Å². The van der Waals surface area contributed by atoms with Crippen LogP contribution in [0.25, 0.3) is 0 Å². The lowest BCUT2D eigenvalue weighted by atomic mass is 10.1. The normalized spacial score (nSPS) is 11.0. The lowest BCUT2D eigenvalue weighted by Gasteiger charge is -2.13. The third kappa shape index (κ3) is 3.76. The van der Waals surface area contributed by atoms with E-state index in [0.29, 0.717) is 15.7 Å². The molecule has 0 bridgehead atoms. The first-order valence-electron chi connectivity index (χ1n) is 6.00. The maximum absolute atomic E-state index is 12.7. The molecule has 0 aliphatic heterocycles. The van der Waals surface area contributed by atoms with Crippen molar-refractivity contribution in [2.75, 3.05) is 5.32 Å². The summed E-state index contributed by atoms with van der Waals surface area (Å²) in [5.41, 5.74) is 0.830. The molecule has 2 aromatic carbocycles. The van der Waals surface area contributed by atoms with E-state index in [9.17, 15) is 13.2 Å². The maximum atomic E-state index is 12.7. The molecule has 0 aromatic heterocycles. The average Bonchev–Trinajstić information content (AvgIpc) is 2.45. The van der Waals surface area contributed by atoms with E-state index >= 15 is 0 Å². The van der Waals surface area contributed by atoms with Crippen molar-refractivity contribution in [3.63, 3.8) is 0 Å². The summed E-state index contributed by atoms with van der Waals surface area (Å²) < 4.78 is 38.6. The Morgan fingerprint density at radius 2 is 1.86 bits per heavy atom. The van der Waals surface area contributed by atoms with E-state index in [4.69, 9.17) is 5.26 Å². The molecule has 0 saturated carbocycles. The predicted octanol–water partition coefficient (Wildman–Crippen LogP) is 4.95. The van der Waals surface area contributed by atoms with E-state index in [1.165, 1.54) is 6.07 Å². The van der Waals surface area contributed by atoms with E-state index < -0.39 is 11.7 Å². The van der Waals surface area contributed by atoms with Gasteiger partial charge in [-0.05, 0) is 45.8 Å². The minimum absolute atomic E-state index is 0.268. The van der Waals surface area contributed by atoms with Crippen LogP contribution in [0.2, 0.25) is 0 Å². The number of hydrogen-bond acceptors (Lipinski definition) is 2. The summed E-state index contributed by atoms with van der Waals surface area (Å²) in [7, 11) is 0. The molecule has 2 nitrogen and oxygen atoms in total. The highest BCUT2D eigenvalue weighted by molar-refractivity contribution is 9.10. The van der Waals surface area contributed by atoms with Gasteiger partial charge in [0.05, 0.1) is 17.2 Å². The zero-order valence-electron chi connectivity index (χ0n) is 10.7. The largest absolute Gasteiger partial charge is 0.416 e. The fourth-order valence-electron chi connectivity index (χ4n) is 1.81. The molecule has 0 atom stereocenters. The second kappa shape index (κ2) is 6.19. The Hall–Kier alpha value is -2.00. The summed E-state index contributed by atoms with van der Waals surface area (Å²) in [6.45, 7) is 0.268. The van der Waals surface area contributed by atoms with Gasteiger partial charge in [-0.2, -0.15) is 18.4 Å². The summed E-state index contributed by atoms with van der Waals surface area (Å²) >= 11 is 3.21. The first-order chi connectivity index (χ1) is 9.91. The molecule has 0 fully saturated rings. The lowest BCUT2D eigenvalue weighted by molar-refractivity contribution is -0.137. The molecule has 21 heavy (non-hydrogen) atoms. The number of nitriles is 1. The van der Waals surface area contributed by atoms with Gasteiger partial charge in [-0.3, -0.25) is 0 Å². The van der Waals surface area contributed by atoms with Gasteiger partial charge < -0.3 is 5.32 Å². The summed E-state index contributed by atoms with van der Waals surface area (Å²) in [6, 6.07) is 12.4. The number of nitrogens with one attached hydrogen (secondary N) is 1. The second-order valence-corrected chi connectivity index (χ2v) is 5.17. The van der Waals surface area contributed by atoms with Crippen LogP contribution in [-0.2, 0) is 12.7 Å². The molecular weight excluding hydrogens is 345 g/mol. The first-order valence-corrected chi connectivity index (χ1v) is 6.80. The van der Waals surface area contributed by atoms with Crippen molar-refractivity contribution in [1.82, 2.24) is 0 Å². The molecule has 0 amide bonds. The molecule has 2 aromatic rings. The molecule has 0 unspecified atom stereocenters. The minimum Gasteiger partial charge on any atom is -0.380 e. The molecule has 1 N–H and O–H groups in total. The predicted molar refractivity (Wildman–Crippen MR) is 77.6 cm³/mol. The smallest absolute Gasteiger partial charge is 0.380 e. The molecule has 0 saturated heterocycles. The number of rotatable bonds is 3. The number of hydrogen-bond donors (Lipinski definition) is 1. The van der Waals surface area contributed by atoms with E-state index in [1.54, 1.807) is 24.3 Å². The van der Waals surface area contributed by atoms with Gasteiger partial charge in [-0.25, -0.2) is 0 Å². The van der Waals surface area contributed by atoms with Crippen LogP contribution in [0.5, 0.6) is 0 Å². The Morgan fingerprint density at radius 1 is 1.14 bits per heavy atom. The first kappa shape index (κ1) is 15.4. The van der Waals surface area contributed by atoms with Crippen molar-refractivity contribution >= 4 is 21.6 Å². The van der Waals surface area contributed by atoms with E-state index in [1.807, 2.05) is 0 Å². The van der Waals surface area contributed by atoms with E-state index in [2.05, 4.69) is 27.3 Å². The van der Waals surface area contributed by atoms with Gasteiger partial charge in [0.15, 0.2) is 0 Å². The van der Waals surface area contributed by atoms with Crippen LogP contribution in [0.15, 0.2) is 46.9 Å². The highest BCUT2D eigenvalue weighted by Crippen LogP contribution is 2.34. The molecule has 2 rings (SSSR count). The van der Waals surface area contributed by atoms with Crippen LogP contribution in [-0.4, -0.2) is 0 Å². The SMILES string of the molecule is N#Cc1ccccc1CNc1cc(C(F)(F)F)ccc1Br. The summed E-state index contributed by atoms with van der Waals surface area (Å²) in [4.78, 5) is 0. The molecule has 108 valence electrons. The topological polar surface area (TPSA) is 35.8 Å². The molecule has 0 radical (unpaired) electrons. The zero-order valence-corrected chi connectivity index (χ0v) is 12.3. The second-order valence-electron chi connectivity index (χ2n) is 4.31. The van der Waals surface area contributed by atoms with Crippen LogP contribution < -0.4 is 5.32 Å². The highest BCUT2D eigenvalue weighted by Gasteiger charge is 2.30. The van der Waals surface area contributed by atoms with Gasteiger partial charge in [0.2, 0.25) is 0 Å². The van der Waals surface area contributed by atoms with Crippen molar-refractivity contribution in [2.24, 2.45) is 0 Å². The van der Waals surface area contributed by atoms with Gasteiger partial charge in [0.1, 0.15) is 0 Å². The monoisotopic (exact) mass is 354 g/mol. The summed E-state index contributed by atoms with van der Waals surface area (Å²) in [5, 5.41) is 11.9. The summed E-state index contributed by atoms with van der Waals surface area (Å²) in [5.74, 6) is 0. The lowest BCUT2D eigenvalue weighted by Crippen LogP contribution is -2.07. The van der Waals surface area contributed by atoms with Crippen molar-refractivity contribution in [3.8, 4) is 6.07 Å². The highest BCUT2D eigenvalue weighted by atomic mass is 79.9. The van der Waals surface area contributed by atoms with E-state index in [-0.39, 0.29) is 6.54 Å². The Labute approximate surface area is 128 Å². The Balaban J connectivity index is 2.22. The van der Waals surface area contributed by atoms with Gasteiger partial charge in [-0.1, -0.05) is 18.2 Å². The van der Waals surface area contributed by atoms with Crippen LogP contribution in [0.3, 0.4) is 0 Å². The summed E-state index contributed by atoms with van der Waals surface area (Å²) in [6.07, 6.45) is -4.39. The number of alkyl halides is 3. The standard InChI is InChI=1S/C15H10BrF3N2/c16-13-6-5-12(15(17,18)19)7-14(13)21-9-11-4-2-1-3-10(11)8-20/h1-7,21H,9H2. The number of halogens is 4. The minimum atomic E-state index is -4.39. The van der Waals surface area contributed by atoms with Gasteiger partial charge in [0.25, 0.3) is 0 Å². The zero-order chi connectivity index (χ0) is 15.5. The van der Waals surface area contributed by atoms with Crippen molar-refractivity contribution in [2.45, 2.75) is 12.7 Å². The number of nitrogens with zero attached hydrogens (tertiary/aromatic N) is 1. The maximum Gasteiger partial charge on any atom is 0.416 e. The van der Waals surface area contributed by atoms with Crippen molar-refractivity contribution < 1.29 is 13.2 Å². The van der Waals surface area contributed by atoms with E-state index in [0.717, 1.165) is 17.7 Å². The fraction of sp³-hybridized carbons (Fsp3) is 0.133. The van der Waals surface area contributed by atoms with Crippen LogP contribution in [0.4, 0.5) is 18.9 Å². The Bertz CT molecular complexity index is 690. The van der Waals surface area contributed by atoms with Gasteiger partial charge >= 0.3 is 6.18 Å². The van der Waals surface area contributed by atoms with Gasteiger partial charge in [-0.15, -0.1) is 0 Å². The number of anilines is 1. The van der Waals surface area contributed by atoms with Crippen LogP contribution >= 0.6 is 15.9 Å². The quantitative estimate of drug-likeness (QED) is 0.846. The van der Waals surface area contributed by atoms with Crippen LogP contribution in [0, 0.1) is 11.3 Å². The third-order valence-corrected chi connectivity index (χ3v) is 3.59. The van der Waals surface area contributed by atoms with Crippen LogP contribution in [0.1, 0.15) is 16.7 Å².